The maximum Gasteiger partial charge on any atom is 2.00 e. The van der Waals surface area contributed by atoms with Crippen LogP contribution >= 0.6 is 23.1 Å². The first-order chi connectivity index (χ1) is 16.9. The van der Waals surface area contributed by atoms with Crippen molar-refractivity contribution in [1.82, 2.24) is 14.6 Å². The van der Waals surface area contributed by atoms with E-state index in [1.807, 2.05) is 18.2 Å². The van der Waals surface area contributed by atoms with Crippen molar-refractivity contribution in [2.24, 2.45) is 0 Å². The summed E-state index contributed by atoms with van der Waals surface area (Å²) < 4.78 is 5.95. The fourth-order valence-electron chi connectivity index (χ4n) is 4.87. The van der Waals surface area contributed by atoms with Gasteiger partial charge in [-0.1, -0.05) is 35.9 Å². The predicted octanol–water partition coefficient (Wildman–Crippen LogP) is 3.26. The maximum absolute atomic E-state index is 12.5. The molecule has 2 aliphatic rings. The molecule has 0 aliphatic carbocycles. The second kappa shape index (κ2) is 11.9. The van der Waals surface area contributed by atoms with Gasteiger partial charge in [-0.05, 0) is 41.2 Å². The Balaban J connectivity index is 0.00000169. The fraction of sp³-hybridized carbons (Fsp3) is 0.360. The van der Waals surface area contributed by atoms with Crippen LogP contribution in [0.5, 0.6) is 0 Å². The molecule has 1 saturated heterocycles. The predicted molar refractivity (Wildman–Crippen MR) is 143 cm³/mol. The Kier molecular flexibility index (Phi) is 9.04. The third kappa shape index (κ3) is 5.62. The van der Waals surface area contributed by atoms with E-state index in [0.717, 1.165) is 47.9 Å². The molecule has 2 N–H and O–H groups in total. The number of halogens is 1. The monoisotopic (exact) mass is 554 g/mol. The zero-order valence-electron chi connectivity index (χ0n) is 21.7. The van der Waals surface area contributed by atoms with Gasteiger partial charge in [-0.3, -0.25) is 19.3 Å². The third-order valence-electron chi connectivity index (χ3n) is 6.63. The van der Waals surface area contributed by atoms with Gasteiger partial charge < -0.3 is 13.3 Å². The van der Waals surface area contributed by atoms with E-state index >= 15 is 0 Å². The summed E-state index contributed by atoms with van der Waals surface area (Å²) in [5, 5.41) is 14.0. The molecular weight excluding hydrogens is 528 g/mol. The van der Waals surface area contributed by atoms with Crippen molar-refractivity contribution in [3.63, 3.8) is 0 Å². The van der Waals surface area contributed by atoms with Gasteiger partial charge in [0.05, 0.1) is 35.0 Å². The molecule has 1 atom stereocenters. The smallest absolute Gasteiger partial charge is 1.00 e. The van der Waals surface area contributed by atoms with Crippen LogP contribution in [0.2, 0.25) is 5.02 Å². The molecular formula is C25H27CaClN4O4S. The number of rotatable bonds is 7. The van der Waals surface area contributed by atoms with Crippen molar-refractivity contribution in [1.29, 1.82) is 0 Å². The number of carbonyl (C=O) groups excluding carboxylic acids is 2. The van der Waals surface area contributed by atoms with Gasteiger partial charge in [-0.25, -0.2) is 4.90 Å². The van der Waals surface area contributed by atoms with Gasteiger partial charge >= 0.3 is 43.7 Å². The Morgan fingerprint density at radius 1 is 1.25 bits per heavy atom. The molecule has 5 rings (SSSR count). The topological polar surface area (TPSA) is 103 Å². The van der Waals surface area contributed by atoms with Crippen LogP contribution in [0.4, 0.5) is 5.69 Å². The number of carbonyl (C=O) groups is 3. The van der Waals surface area contributed by atoms with Crippen LogP contribution in [0.1, 0.15) is 38.6 Å². The van der Waals surface area contributed by atoms with Crippen LogP contribution in [0.25, 0.3) is 10.1 Å². The van der Waals surface area contributed by atoms with Gasteiger partial charge in [0.2, 0.25) is 11.8 Å². The molecule has 36 heavy (non-hydrogen) atoms. The number of aliphatic carboxylic acids is 1. The fourth-order valence-corrected chi connectivity index (χ4v) is 5.95. The van der Waals surface area contributed by atoms with Gasteiger partial charge in [-0.2, -0.15) is 4.37 Å². The number of imide groups is 1. The van der Waals surface area contributed by atoms with E-state index in [0.29, 0.717) is 17.1 Å². The van der Waals surface area contributed by atoms with E-state index in [1.165, 1.54) is 21.6 Å². The van der Waals surface area contributed by atoms with Crippen LogP contribution in [-0.4, -0.2) is 96.1 Å². The number of carboxylic acid groups (broad SMARTS) is 1. The Bertz CT molecular complexity index is 1330. The number of fused-ring (bicyclic) bond motifs is 2. The van der Waals surface area contributed by atoms with Crippen molar-refractivity contribution >= 4 is 94.4 Å². The average Bonchev–Trinajstić information content (AvgIpc) is 3.41. The zero-order chi connectivity index (χ0) is 24.5. The third-order valence-corrected chi connectivity index (χ3v) is 7.82. The SMILES string of the molecule is O=C(O)CCC(=O)N1C(=O)Cc2cc(CCN3CCNCC3c3nsc4ccccc34)c(Cl)cc21.[Ca+2].[H-].[H-]. The van der Waals surface area contributed by atoms with Crippen LogP contribution in [0.15, 0.2) is 36.4 Å². The van der Waals surface area contributed by atoms with E-state index in [4.69, 9.17) is 21.1 Å². The number of piperazine rings is 1. The van der Waals surface area contributed by atoms with Crippen molar-refractivity contribution in [2.75, 3.05) is 31.1 Å². The average molecular weight is 555 g/mol. The molecule has 0 spiro atoms. The molecule has 0 bridgehead atoms. The summed E-state index contributed by atoms with van der Waals surface area (Å²) in [5.41, 5.74) is 3.24. The molecule has 1 aromatic heterocycles. The molecule has 0 saturated carbocycles. The van der Waals surface area contributed by atoms with Gasteiger partial charge in [0.25, 0.3) is 0 Å². The number of nitrogens with one attached hydrogen (secondary N) is 1. The molecule has 2 amide bonds. The van der Waals surface area contributed by atoms with E-state index in [1.54, 1.807) is 6.07 Å². The van der Waals surface area contributed by atoms with E-state index < -0.39 is 11.9 Å². The summed E-state index contributed by atoms with van der Waals surface area (Å²) in [4.78, 5) is 39.3. The van der Waals surface area contributed by atoms with Gasteiger partial charge in [0.1, 0.15) is 0 Å². The summed E-state index contributed by atoms with van der Waals surface area (Å²) in [6.45, 7) is 3.40. The molecule has 2 aromatic carbocycles. The molecule has 11 heteroatoms. The number of hydrogen-bond acceptors (Lipinski definition) is 7. The number of benzene rings is 2. The molecule has 8 nitrogen and oxygen atoms in total. The Morgan fingerprint density at radius 3 is 2.86 bits per heavy atom. The number of carboxylic acids is 1. The second-order valence-electron chi connectivity index (χ2n) is 8.84. The first-order valence-electron chi connectivity index (χ1n) is 11.6. The Labute approximate surface area is 250 Å². The van der Waals surface area contributed by atoms with Crippen molar-refractivity contribution in [3.8, 4) is 0 Å². The molecule has 0 radical (unpaired) electrons. The van der Waals surface area contributed by atoms with Crippen LogP contribution in [-0.2, 0) is 27.2 Å². The summed E-state index contributed by atoms with van der Waals surface area (Å²) in [5.74, 6) is -1.93. The number of aromatic nitrogens is 1. The van der Waals surface area contributed by atoms with Gasteiger partial charge in [0, 0.05) is 43.0 Å². The first kappa shape index (κ1) is 27.4. The molecule has 186 valence electrons. The number of amides is 2. The van der Waals surface area contributed by atoms with E-state index in [2.05, 4.69) is 22.3 Å². The number of anilines is 1. The molecule has 1 fully saturated rings. The minimum atomic E-state index is -1.07. The van der Waals surface area contributed by atoms with Crippen LogP contribution in [0.3, 0.4) is 0 Å². The molecule has 1 unspecified atom stereocenters. The van der Waals surface area contributed by atoms with Crippen molar-refractivity contribution in [2.45, 2.75) is 31.7 Å². The molecule has 2 aliphatic heterocycles. The second-order valence-corrected chi connectivity index (χ2v) is 10.0. The quantitative estimate of drug-likeness (QED) is 0.432. The normalized spacial score (nSPS) is 17.8. The van der Waals surface area contributed by atoms with Gasteiger partial charge in [0.15, 0.2) is 0 Å². The van der Waals surface area contributed by atoms with Crippen molar-refractivity contribution in [3.05, 3.63) is 58.2 Å². The standard InChI is InChI=1S/C25H25ClN4O4S.Ca.2H/c26-18-13-19-16(12-23(32)30(19)22(31)5-6-24(33)34)11-15(18)7-9-29-10-8-27-14-20(29)25-17-3-1-2-4-21(17)35-28-25;;;/h1-4,11,13,20,27H,5-10,12,14H2,(H,33,34);;;/q;+2;2*-1. The number of nitrogens with zero attached hydrogens (tertiary/aromatic N) is 3. The minimum Gasteiger partial charge on any atom is -1.00 e. The Morgan fingerprint density at radius 2 is 2.06 bits per heavy atom. The van der Waals surface area contributed by atoms with Gasteiger partial charge in [-0.15, -0.1) is 0 Å². The van der Waals surface area contributed by atoms with E-state index in [9.17, 15) is 14.4 Å². The summed E-state index contributed by atoms with van der Waals surface area (Å²) >= 11 is 8.13. The maximum atomic E-state index is 12.5. The largest absolute Gasteiger partial charge is 2.00 e. The van der Waals surface area contributed by atoms with E-state index in [-0.39, 0.29) is 71.8 Å². The zero-order valence-corrected chi connectivity index (χ0v) is 23.5. The van der Waals surface area contributed by atoms with Crippen LogP contribution in [0, 0.1) is 0 Å². The summed E-state index contributed by atoms with van der Waals surface area (Å²) in [7, 11) is 0. The summed E-state index contributed by atoms with van der Waals surface area (Å²) in [6.07, 6.45) is 0.269. The Hall–Kier alpha value is -1.59. The first-order valence-corrected chi connectivity index (χ1v) is 12.8. The van der Waals surface area contributed by atoms with Crippen molar-refractivity contribution < 1.29 is 22.3 Å². The molecule has 3 heterocycles. The summed E-state index contributed by atoms with van der Waals surface area (Å²) in [6, 6.07) is 12.0. The number of hydrogen-bond donors (Lipinski definition) is 2. The minimum absolute atomic E-state index is 0. The van der Waals surface area contributed by atoms with Crippen LogP contribution < -0.4 is 10.2 Å². The molecule has 3 aromatic rings.